The number of rotatable bonds is 12. The summed E-state index contributed by atoms with van der Waals surface area (Å²) in [5.74, 6) is 0.734. The van der Waals surface area contributed by atoms with Gasteiger partial charge in [-0.2, -0.15) is 0 Å². The maximum Gasteiger partial charge on any atom is 0.319 e. The molecule has 9 nitrogen and oxygen atoms in total. The van der Waals surface area contributed by atoms with Gasteiger partial charge < -0.3 is 30.7 Å². The fourth-order valence-electron chi connectivity index (χ4n) is 3.92. The lowest BCUT2D eigenvalue weighted by Crippen LogP contribution is -2.30. The van der Waals surface area contributed by atoms with Crippen LogP contribution in [-0.2, 0) is 0 Å². The molecule has 2 aromatic carbocycles. The largest absolute Gasteiger partial charge is 0.493 e. The molecule has 196 valence electrons. The molecular formula is C27H32ClN5O4. The van der Waals surface area contributed by atoms with E-state index in [2.05, 4.69) is 34.4 Å². The number of nitrogens with zero attached hydrogens (tertiary/aromatic N) is 2. The summed E-state index contributed by atoms with van der Waals surface area (Å²) in [6.45, 7) is 7.56. The highest BCUT2D eigenvalue weighted by Crippen LogP contribution is 2.35. The summed E-state index contributed by atoms with van der Waals surface area (Å²) in [4.78, 5) is 31.0. The molecule has 4 rings (SSSR count). The summed E-state index contributed by atoms with van der Waals surface area (Å²) >= 11 is 6.38. The summed E-state index contributed by atoms with van der Waals surface area (Å²) in [6, 6.07) is 9.98. The molecule has 1 heterocycles. The molecular weight excluding hydrogens is 494 g/mol. The van der Waals surface area contributed by atoms with Crippen molar-refractivity contribution in [1.29, 1.82) is 0 Å². The van der Waals surface area contributed by atoms with Crippen molar-refractivity contribution in [3.05, 3.63) is 53.2 Å². The van der Waals surface area contributed by atoms with Crippen LogP contribution in [0.15, 0.2) is 42.6 Å². The van der Waals surface area contributed by atoms with Gasteiger partial charge in [0.2, 0.25) is 0 Å². The Balaban J connectivity index is 1.50. The van der Waals surface area contributed by atoms with Crippen molar-refractivity contribution >= 4 is 40.1 Å². The minimum absolute atomic E-state index is 0.241. The zero-order valence-corrected chi connectivity index (χ0v) is 21.8. The Morgan fingerprint density at radius 1 is 1.14 bits per heavy atom. The van der Waals surface area contributed by atoms with Crippen LogP contribution in [0.5, 0.6) is 17.2 Å². The van der Waals surface area contributed by atoms with Crippen LogP contribution in [0, 0.1) is 0 Å². The number of hydrogen-bond donors (Lipinski definition) is 3. The number of amides is 3. The van der Waals surface area contributed by atoms with E-state index in [4.69, 9.17) is 26.8 Å². The molecule has 0 atom stereocenters. The fraction of sp³-hybridized carbons (Fsp3) is 0.370. The molecule has 1 aliphatic rings. The normalized spacial score (nSPS) is 13.0. The van der Waals surface area contributed by atoms with E-state index in [1.807, 2.05) is 0 Å². The Morgan fingerprint density at radius 2 is 1.92 bits per heavy atom. The SMILES string of the molecule is CCN(CC)CCCOc1cc2nccc(Oc3ccc(NC(=O)NC4CC4)c(Cl)c3)c2cc1C(N)=O. The van der Waals surface area contributed by atoms with E-state index in [9.17, 15) is 9.59 Å². The number of pyridine rings is 1. The molecule has 0 bridgehead atoms. The number of ether oxygens (including phenoxy) is 2. The third-order valence-electron chi connectivity index (χ3n) is 6.17. The van der Waals surface area contributed by atoms with Crippen LogP contribution < -0.4 is 25.8 Å². The predicted molar refractivity (Wildman–Crippen MR) is 145 cm³/mol. The first-order valence-electron chi connectivity index (χ1n) is 12.5. The Labute approximate surface area is 221 Å². The summed E-state index contributed by atoms with van der Waals surface area (Å²) < 4.78 is 12.0. The lowest BCUT2D eigenvalue weighted by molar-refractivity contribution is 0.0996. The molecule has 3 amide bonds. The average Bonchev–Trinajstić information content (AvgIpc) is 3.69. The molecule has 1 aliphatic carbocycles. The van der Waals surface area contributed by atoms with E-state index in [1.54, 1.807) is 42.6 Å². The van der Waals surface area contributed by atoms with Gasteiger partial charge in [-0.25, -0.2) is 4.79 Å². The van der Waals surface area contributed by atoms with Crippen molar-refractivity contribution < 1.29 is 19.1 Å². The second-order valence-electron chi connectivity index (χ2n) is 8.88. The van der Waals surface area contributed by atoms with Gasteiger partial charge in [-0.05, 0) is 56.6 Å². The molecule has 0 radical (unpaired) electrons. The maximum atomic E-state index is 12.2. The third-order valence-corrected chi connectivity index (χ3v) is 6.48. The van der Waals surface area contributed by atoms with E-state index in [0.29, 0.717) is 45.5 Å². The fourth-order valence-corrected chi connectivity index (χ4v) is 4.14. The number of halogens is 1. The van der Waals surface area contributed by atoms with Gasteiger partial charge in [0.05, 0.1) is 28.4 Å². The van der Waals surface area contributed by atoms with Crippen LogP contribution in [0.25, 0.3) is 10.9 Å². The van der Waals surface area contributed by atoms with Crippen molar-refractivity contribution in [3.8, 4) is 17.2 Å². The molecule has 1 fully saturated rings. The number of primary amides is 1. The predicted octanol–water partition coefficient (Wildman–Crippen LogP) is 5.17. The first-order valence-corrected chi connectivity index (χ1v) is 12.9. The van der Waals surface area contributed by atoms with Crippen LogP contribution in [-0.4, -0.2) is 54.1 Å². The highest BCUT2D eigenvalue weighted by Gasteiger charge is 2.23. The van der Waals surface area contributed by atoms with Crippen LogP contribution in [0.2, 0.25) is 5.02 Å². The number of fused-ring (bicyclic) bond motifs is 1. The second-order valence-corrected chi connectivity index (χ2v) is 9.29. The van der Waals surface area contributed by atoms with E-state index in [-0.39, 0.29) is 17.6 Å². The zero-order chi connectivity index (χ0) is 26.4. The number of hydrogen-bond acceptors (Lipinski definition) is 6. The second kappa shape index (κ2) is 12.1. The van der Waals surface area contributed by atoms with Gasteiger partial charge in [0, 0.05) is 36.3 Å². The van der Waals surface area contributed by atoms with Gasteiger partial charge in [0.1, 0.15) is 17.2 Å². The minimum atomic E-state index is -0.599. The molecule has 1 saturated carbocycles. The smallest absolute Gasteiger partial charge is 0.319 e. The Morgan fingerprint density at radius 3 is 2.59 bits per heavy atom. The summed E-state index contributed by atoms with van der Waals surface area (Å²) in [5.41, 5.74) is 7.00. The highest BCUT2D eigenvalue weighted by atomic mass is 35.5. The van der Waals surface area contributed by atoms with E-state index < -0.39 is 5.91 Å². The topological polar surface area (TPSA) is 119 Å². The van der Waals surface area contributed by atoms with Gasteiger partial charge in [0.25, 0.3) is 5.91 Å². The van der Waals surface area contributed by atoms with Crippen molar-refractivity contribution in [2.75, 3.05) is 31.6 Å². The van der Waals surface area contributed by atoms with Gasteiger partial charge in [-0.15, -0.1) is 0 Å². The van der Waals surface area contributed by atoms with Gasteiger partial charge >= 0.3 is 6.03 Å². The summed E-state index contributed by atoms with van der Waals surface area (Å²) in [5, 5.41) is 6.54. The van der Waals surface area contributed by atoms with Crippen LogP contribution in [0.3, 0.4) is 0 Å². The van der Waals surface area contributed by atoms with Gasteiger partial charge in [-0.3, -0.25) is 9.78 Å². The number of aromatic nitrogens is 1. The molecule has 1 aromatic heterocycles. The van der Waals surface area contributed by atoms with E-state index in [1.165, 1.54) is 0 Å². The molecule has 37 heavy (non-hydrogen) atoms. The van der Waals surface area contributed by atoms with E-state index in [0.717, 1.165) is 38.9 Å². The number of nitrogens with one attached hydrogen (secondary N) is 2. The van der Waals surface area contributed by atoms with E-state index >= 15 is 0 Å². The molecule has 10 heteroatoms. The third kappa shape index (κ3) is 7.02. The molecule has 0 spiro atoms. The molecule has 0 saturated heterocycles. The maximum absolute atomic E-state index is 12.2. The number of benzene rings is 2. The molecule has 3 aromatic rings. The average molecular weight is 526 g/mol. The van der Waals surface area contributed by atoms with Crippen molar-refractivity contribution in [2.45, 2.75) is 39.2 Å². The van der Waals surface area contributed by atoms with Gasteiger partial charge in [0.15, 0.2) is 0 Å². The lowest BCUT2D eigenvalue weighted by Gasteiger charge is -2.18. The number of urea groups is 1. The Hall–Kier alpha value is -3.56. The number of nitrogens with two attached hydrogens (primary N) is 1. The summed E-state index contributed by atoms with van der Waals surface area (Å²) in [6.07, 6.45) is 4.43. The van der Waals surface area contributed by atoms with Gasteiger partial charge in [-0.1, -0.05) is 25.4 Å². The minimum Gasteiger partial charge on any atom is -0.493 e. The first kappa shape index (κ1) is 26.5. The van der Waals surface area contributed by atoms with Crippen molar-refractivity contribution in [3.63, 3.8) is 0 Å². The monoisotopic (exact) mass is 525 g/mol. The highest BCUT2D eigenvalue weighted by molar-refractivity contribution is 6.33. The number of carbonyl (C=O) groups is 2. The van der Waals surface area contributed by atoms with Crippen molar-refractivity contribution in [2.24, 2.45) is 5.73 Å². The zero-order valence-electron chi connectivity index (χ0n) is 21.1. The quantitative estimate of drug-likeness (QED) is 0.280. The van der Waals surface area contributed by atoms with Crippen LogP contribution >= 0.6 is 11.6 Å². The Bertz CT molecular complexity index is 1280. The standard InChI is InChI=1S/C27H32ClN5O4/c1-3-33(4-2)12-5-13-36-25-16-23-19(15-20(25)26(29)34)24(10-11-30-23)37-18-8-9-22(21(28)14-18)32-27(35)31-17-6-7-17/h8-11,14-17H,3-7,12-13H2,1-2H3,(H2,29,34)(H2,31,32,35). The summed E-state index contributed by atoms with van der Waals surface area (Å²) in [7, 11) is 0. The molecule has 0 aliphatic heterocycles. The number of carbonyl (C=O) groups excluding carboxylic acids is 2. The van der Waals surface area contributed by atoms with Crippen LogP contribution in [0.1, 0.15) is 43.5 Å². The molecule has 0 unspecified atom stereocenters. The first-order chi connectivity index (χ1) is 17.9. The Kier molecular flexibility index (Phi) is 8.68. The lowest BCUT2D eigenvalue weighted by atomic mass is 10.1. The van der Waals surface area contributed by atoms with Crippen LogP contribution in [0.4, 0.5) is 10.5 Å². The number of anilines is 1. The van der Waals surface area contributed by atoms with Crippen molar-refractivity contribution in [1.82, 2.24) is 15.2 Å². The molecule has 4 N–H and O–H groups in total.